The second kappa shape index (κ2) is 3.85. The van der Waals surface area contributed by atoms with Gasteiger partial charge in [0, 0.05) is 12.0 Å². The van der Waals surface area contributed by atoms with Crippen molar-refractivity contribution in [1.82, 2.24) is 0 Å². The summed E-state index contributed by atoms with van der Waals surface area (Å²) in [6.45, 7) is 1.43. The molecule has 1 N–H and O–H groups in total. The van der Waals surface area contributed by atoms with Gasteiger partial charge in [0.05, 0.1) is 0 Å². The third-order valence-electron chi connectivity index (χ3n) is 1.81. The average Bonchev–Trinajstić information content (AvgIpc) is 2.28. The highest BCUT2D eigenvalue weighted by atomic mass is 16.4. The first-order chi connectivity index (χ1) is 6.11. The van der Waals surface area contributed by atoms with Crippen LogP contribution in [-0.2, 0) is 9.59 Å². The number of carboxylic acid groups (broad SMARTS) is 1. The van der Waals surface area contributed by atoms with Gasteiger partial charge in [-0.1, -0.05) is 24.3 Å². The molecule has 0 aromatic rings. The molecule has 3 heteroatoms. The molecule has 68 valence electrons. The van der Waals surface area contributed by atoms with Crippen molar-refractivity contribution < 1.29 is 14.7 Å². The summed E-state index contributed by atoms with van der Waals surface area (Å²) in [5.74, 6) is -1.06. The fourth-order valence-corrected chi connectivity index (χ4v) is 1.06. The van der Waals surface area contributed by atoms with E-state index in [-0.39, 0.29) is 17.8 Å². The summed E-state index contributed by atoms with van der Waals surface area (Å²) >= 11 is 0. The molecule has 0 amide bonds. The van der Waals surface area contributed by atoms with Crippen molar-refractivity contribution in [3.8, 4) is 0 Å². The molecule has 13 heavy (non-hydrogen) atoms. The second-order valence-corrected chi connectivity index (χ2v) is 2.81. The van der Waals surface area contributed by atoms with Crippen LogP contribution in [0.4, 0.5) is 0 Å². The lowest BCUT2D eigenvalue weighted by Crippen LogP contribution is -2.04. The molecule has 1 aliphatic rings. The molecule has 1 aliphatic carbocycles. The minimum atomic E-state index is -0.973. The van der Waals surface area contributed by atoms with E-state index in [0.717, 1.165) is 0 Å². The van der Waals surface area contributed by atoms with E-state index in [1.807, 2.05) is 0 Å². The summed E-state index contributed by atoms with van der Waals surface area (Å²) in [6, 6.07) is 0. The quantitative estimate of drug-likeness (QED) is 0.696. The van der Waals surface area contributed by atoms with Crippen molar-refractivity contribution in [3.63, 3.8) is 0 Å². The monoisotopic (exact) mass is 178 g/mol. The van der Waals surface area contributed by atoms with Crippen LogP contribution in [0.1, 0.15) is 13.3 Å². The molecule has 0 aromatic carbocycles. The highest BCUT2D eigenvalue weighted by Crippen LogP contribution is 2.15. The molecule has 0 aliphatic heterocycles. The summed E-state index contributed by atoms with van der Waals surface area (Å²) in [4.78, 5) is 21.6. The minimum absolute atomic E-state index is 0.0845. The molecule has 3 nitrogen and oxygen atoms in total. The Bertz CT molecular complexity index is 300. The standard InChI is InChI=1S/C10H10O3/c1-7(11)8-4-2-3-5-9(6-8)10(12)13/h2-5H,6H2,1H3,(H,12,13). The van der Waals surface area contributed by atoms with Gasteiger partial charge in [-0.15, -0.1) is 0 Å². The Morgan fingerprint density at radius 3 is 2.23 bits per heavy atom. The summed E-state index contributed by atoms with van der Waals surface area (Å²) < 4.78 is 0. The zero-order valence-corrected chi connectivity index (χ0v) is 7.28. The average molecular weight is 178 g/mol. The molecule has 0 bridgehead atoms. The molecule has 0 spiro atoms. The van der Waals surface area contributed by atoms with Gasteiger partial charge in [-0.05, 0) is 12.5 Å². The molecule has 0 unspecified atom stereocenters. The molecule has 0 saturated heterocycles. The van der Waals surface area contributed by atoms with Gasteiger partial charge in [-0.25, -0.2) is 4.79 Å². The first kappa shape index (κ1) is 9.45. The van der Waals surface area contributed by atoms with Crippen LogP contribution >= 0.6 is 0 Å². The summed E-state index contributed by atoms with van der Waals surface area (Å²) in [5, 5.41) is 8.72. The van der Waals surface area contributed by atoms with E-state index in [0.29, 0.717) is 5.57 Å². The van der Waals surface area contributed by atoms with Crippen molar-refractivity contribution in [3.05, 3.63) is 35.5 Å². The number of aliphatic carboxylic acids is 1. The molecule has 0 radical (unpaired) electrons. The molecule has 0 atom stereocenters. The predicted octanol–water partition coefficient (Wildman–Crippen LogP) is 1.47. The van der Waals surface area contributed by atoms with Crippen molar-refractivity contribution in [2.75, 3.05) is 0 Å². The van der Waals surface area contributed by atoms with Crippen LogP contribution in [0.25, 0.3) is 0 Å². The van der Waals surface area contributed by atoms with Gasteiger partial charge in [0.1, 0.15) is 0 Å². The third-order valence-corrected chi connectivity index (χ3v) is 1.81. The maximum atomic E-state index is 11.0. The van der Waals surface area contributed by atoms with Crippen LogP contribution in [0.5, 0.6) is 0 Å². The van der Waals surface area contributed by atoms with Crippen LogP contribution in [-0.4, -0.2) is 16.9 Å². The number of hydrogen-bond acceptors (Lipinski definition) is 2. The summed E-state index contributed by atoms with van der Waals surface area (Å²) in [5.41, 5.74) is 0.776. The third kappa shape index (κ3) is 2.40. The smallest absolute Gasteiger partial charge is 0.331 e. The van der Waals surface area contributed by atoms with Gasteiger partial charge in [-0.3, -0.25) is 4.79 Å². The van der Waals surface area contributed by atoms with E-state index < -0.39 is 5.97 Å². The van der Waals surface area contributed by atoms with Crippen molar-refractivity contribution in [2.24, 2.45) is 0 Å². The molecule has 0 aromatic heterocycles. The molecule has 1 rings (SSSR count). The fraction of sp³-hybridized carbons (Fsp3) is 0.200. The van der Waals surface area contributed by atoms with E-state index in [9.17, 15) is 9.59 Å². The van der Waals surface area contributed by atoms with Gasteiger partial charge in [0.15, 0.2) is 5.78 Å². The fourth-order valence-electron chi connectivity index (χ4n) is 1.06. The Morgan fingerprint density at radius 1 is 1.23 bits per heavy atom. The molecule has 0 heterocycles. The first-order valence-corrected chi connectivity index (χ1v) is 3.92. The second-order valence-electron chi connectivity index (χ2n) is 2.81. The maximum absolute atomic E-state index is 11.0. The van der Waals surface area contributed by atoms with E-state index in [1.54, 1.807) is 18.2 Å². The summed E-state index contributed by atoms with van der Waals surface area (Å²) in [6.07, 6.45) is 6.66. The topological polar surface area (TPSA) is 54.4 Å². The number of ketones is 1. The molecular formula is C10H10O3. The zero-order chi connectivity index (χ0) is 9.84. The van der Waals surface area contributed by atoms with Gasteiger partial charge < -0.3 is 5.11 Å². The Kier molecular flexibility index (Phi) is 2.80. The minimum Gasteiger partial charge on any atom is -0.478 e. The SMILES string of the molecule is CC(=O)C1=CC=CC=C(C(=O)O)C1. The van der Waals surface area contributed by atoms with Gasteiger partial charge in [-0.2, -0.15) is 0 Å². The van der Waals surface area contributed by atoms with E-state index in [2.05, 4.69) is 0 Å². The van der Waals surface area contributed by atoms with Gasteiger partial charge >= 0.3 is 5.97 Å². The lowest BCUT2D eigenvalue weighted by Gasteiger charge is -2.01. The normalized spacial score (nSPS) is 15.8. The zero-order valence-electron chi connectivity index (χ0n) is 7.28. The number of carbonyl (C=O) groups is 2. The number of carbonyl (C=O) groups excluding carboxylic acids is 1. The Hall–Kier alpha value is -1.64. The largest absolute Gasteiger partial charge is 0.478 e. The number of hydrogen-bond donors (Lipinski definition) is 1. The van der Waals surface area contributed by atoms with E-state index in [1.165, 1.54) is 13.0 Å². The predicted molar refractivity (Wildman–Crippen MR) is 48.2 cm³/mol. The number of rotatable bonds is 2. The van der Waals surface area contributed by atoms with Crippen LogP contribution < -0.4 is 0 Å². The van der Waals surface area contributed by atoms with Crippen molar-refractivity contribution in [1.29, 1.82) is 0 Å². The maximum Gasteiger partial charge on any atom is 0.331 e. The van der Waals surface area contributed by atoms with Crippen LogP contribution in [0.2, 0.25) is 0 Å². The van der Waals surface area contributed by atoms with Crippen LogP contribution in [0, 0.1) is 0 Å². The molecule has 0 saturated carbocycles. The van der Waals surface area contributed by atoms with Gasteiger partial charge in [0.25, 0.3) is 0 Å². The number of allylic oxidation sites excluding steroid dienone is 5. The number of Topliss-reactive ketones (excluding diaryl/α,β-unsaturated/α-hetero) is 1. The van der Waals surface area contributed by atoms with Crippen molar-refractivity contribution >= 4 is 11.8 Å². The Balaban J connectivity index is 2.92. The Morgan fingerprint density at radius 2 is 1.77 bits per heavy atom. The van der Waals surface area contributed by atoms with E-state index in [4.69, 9.17) is 5.11 Å². The first-order valence-electron chi connectivity index (χ1n) is 3.92. The Labute approximate surface area is 76.1 Å². The molecule has 0 fully saturated rings. The molecular weight excluding hydrogens is 168 g/mol. The van der Waals surface area contributed by atoms with Crippen LogP contribution in [0.15, 0.2) is 35.5 Å². The lowest BCUT2D eigenvalue weighted by atomic mass is 10.0. The highest BCUT2D eigenvalue weighted by Gasteiger charge is 2.12. The van der Waals surface area contributed by atoms with Crippen LogP contribution in [0.3, 0.4) is 0 Å². The number of carboxylic acids is 1. The van der Waals surface area contributed by atoms with Crippen molar-refractivity contribution in [2.45, 2.75) is 13.3 Å². The highest BCUT2D eigenvalue weighted by molar-refractivity contribution is 5.97. The lowest BCUT2D eigenvalue weighted by molar-refractivity contribution is -0.132. The van der Waals surface area contributed by atoms with Gasteiger partial charge in [0.2, 0.25) is 0 Å². The van der Waals surface area contributed by atoms with E-state index >= 15 is 0 Å². The summed E-state index contributed by atoms with van der Waals surface area (Å²) in [7, 11) is 0.